The first kappa shape index (κ1) is 11.9. The van der Waals surface area contributed by atoms with Crippen LogP contribution in [0.5, 0.6) is 0 Å². The second-order valence-corrected chi connectivity index (χ2v) is 4.62. The molecule has 2 aromatic carbocycles. The Bertz CT molecular complexity index is 680. The van der Waals surface area contributed by atoms with Crippen LogP contribution in [0, 0.1) is 0 Å². The van der Waals surface area contributed by atoms with E-state index in [0.29, 0.717) is 0 Å². The summed E-state index contributed by atoms with van der Waals surface area (Å²) in [5, 5.41) is 5.65. The number of aromatic nitrogens is 2. The van der Waals surface area contributed by atoms with Crippen LogP contribution in [0.4, 0.5) is 0 Å². The molecule has 3 aromatic rings. The van der Waals surface area contributed by atoms with Gasteiger partial charge in [0.15, 0.2) is 0 Å². The third kappa shape index (κ3) is 2.37. The zero-order valence-electron chi connectivity index (χ0n) is 11.0. The van der Waals surface area contributed by atoms with Gasteiger partial charge in [0.25, 0.3) is 0 Å². The molecule has 1 aromatic heterocycles. The van der Waals surface area contributed by atoms with Crippen LogP contribution in [-0.4, -0.2) is 23.6 Å². The number of rotatable bonds is 4. The van der Waals surface area contributed by atoms with E-state index in [9.17, 15) is 0 Å². The number of aromatic amines is 1. The lowest BCUT2D eigenvalue weighted by Gasteiger charge is -2.04. The fraction of sp³-hybridized carbons (Fsp3) is 0.188. The zero-order chi connectivity index (χ0) is 13.1. The summed E-state index contributed by atoms with van der Waals surface area (Å²) in [6.07, 6.45) is 2.84. The van der Waals surface area contributed by atoms with Crippen molar-refractivity contribution in [2.24, 2.45) is 0 Å². The molecule has 19 heavy (non-hydrogen) atoms. The molecule has 96 valence electrons. The van der Waals surface area contributed by atoms with E-state index in [1.165, 1.54) is 16.3 Å². The van der Waals surface area contributed by atoms with Crippen LogP contribution in [0.3, 0.4) is 0 Å². The maximum Gasteiger partial charge on any atom is 0.107 e. The van der Waals surface area contributed by atoms with Gasteiger partial charge in [0, 0.05) is 18.5 Å². The molecule has 3 nitrogen and oxygen atoms in total. The largest absolute Gasteiger partial charge is 0.342 e. The summed E-state index contributed by atoms with van der Waals surface area (Å²) in [7, 11) is 1.95. The summed E-state index contributed by atoms with van der Waals surface area (Å²) in [5.74, 6) is 1.03. The molecule has 0 spiro atoms. The highest BCUT2D eigenvalue weighted by Crippen LogP contribution is 2.27. The normalized spacial score (nSPS) is 11.0. The van der Waals surface area contributed by atoms with Crippen LogP contribution >= 0.6 is 0 Å². The Morgan fingerprint density at radius 2 is 1.95 bits per heavy atom. The summed E-state index contributed by atoms with van der Waals surface area (Å²) in [4.78, 5) is 7.85. The Morgan fingerprint density at radius 3 is 2.84 bits per heavy atom. The van der Waals surface area contributed by atoms with Crippen molar-refractivity contribution in [3.63, 3.8) is 0 Å². The molecule has 0 aliphatic carbocycles. The van der Waals surface area contributed by atoms with Gasteiger partial charge in [0.2, 0.25) is 0 Å². The highest BCUT2D eigenvalue weighted by molar-refractivity contribution is 5.95. The molecule has 0 aliphatic rings. The second kappa shape index (κ2) is 5.24. The third-order valence-electron chi connectivity index (χ3n) is 3.32. The first-order valence-corrected chi connectivity index (χ1v) is 6.55. The fourth-order valence-electron chi connectivity index (χ4n) is 2.33. The minimum atomic E-state index is 0.918. The molecular weight excluding hydrogens is 234 g/mol. The average Bonchev–Trinajstić information content (AvgIpc) is 2.93. The van der Waals surface area contributed by atoms with Gasteiger partial charge in [-0.1, -0.05) is 42.5 Å². The number of H-pyrrole nitrogens is 1. The van der Waals surface area contributed by atoms with Gasteiger partial charge in [-0.3, -0.25) is 0 Å². The number of fused-ring (bicyclic) bond motifs is 1. The predicted octanol–water partition coefficient (Wildman–Crippen LogP) is 2.99. The van der Waals surface area contributed by atoms with Gasteiger partial charge in [-0.15, -0.1) is 0 Å². The smallest absolute Gasteiger partial charge is 0.107 e. The lowest BCUT2D eigenvalue weighted by atomic mass is 10.0. The van der Waals surface area contributed by atoms with Crippen molar-refractivity contribution < 1.29 is 0 Å². The van der Waals surface area contributed by atoms with Crippen molar-refractivity contribution in [3.05, 3.63) is 54.5 Å². The van der Waals surface area contributed by atoms with Gasteiger partial charge >= 0.3 is 0 Å². The molecule has 0 bridgehead atoms. The highest BCUT2D eigenvalue weighted by atomic mass is 14.9. The van der Waals surface area contributed by atoms with Crippen LogP contribution in [0.15, 0.2) is 48.7 Å². The molecule has 0 saturated heterocycles. The fourth-order valence-corrected chi connectivity index (χ4v) is 2.33. The summed E-state index contributed by atoms with van der Waals surface area (Å²) in [5.41, 5.74) is 2.30. The lowest BCUT2D eigenvalue weighted by molar-refractivity contribution is 0.764. The molecule has 1 heterocycles. The van der Waals surface area contributed by atoms with Crippen LogP contribution < -0.4 is 5.32 Å². The van der Waals surface area contributed by atoms with Gasteiger partial charge in [0.1, 0.15) is 5.82 Å². The van der Waals surface area contributed by atoms with Crippen molar-refractivity contribution in [1.29, 1.82) is 0 Å². The number of nitrogens with zero attached hydrogens (tertiary/aromatic N) is 1. The molecule has 0 radical (unpaired) electrons. The minimum Gasteiger partial charge on any atom is -0.342 e. The van der Waals surface area contributed by atoms with E-state index in [0.717, 1.165) is 24.5 Å². The molecule has 0 amide bonds. The Balaban J connectivity index is 2.02. The van der Waals surface area contributed by atoms with E-state index >= 15 is 0 Å². The maximum absolute atomic E-state index is 4.44. The minimum absolute atomic E-state index is 0.918. The zero-order valence-corrected chi connectivity index (χ0v) is 11.0. The van der Waals surface area contributed by atoms with Crippen molar-refractivity contribution >= 4 is 10.8 Å². The number of benzene rings is 2. The van der Waals surface area contributed by atoms with E-state index in [-0.39, 0.29) is 0 Å². The van der Waals surface area contributed by atoms with Crippen molar-refractivity contribution in [2.45, 2.75) is 6.42 Å². The topological polar surface area (TPSA) is 40.7 Å². The first-order chi connectivity index (χ1) is 9.38. The van der Waals surface area contributed by atoms with Crippen LogP contribution in [0.2, 0.25) is 0 Å². The highest BCUT2D eigenvalue weighted by Gasteiger charge is 2.06. The first-order valence-electron chi connectivity index (χ1n) is 6.55. The molecule has 3 rings (SSSR count). The van der Waals surface area contributed by atoms with Crippen molar-refractivity contribution in [1.82, 2.24) is 15.3 Å². The molecular formula is C16H17N3. The van der Waals surface area contributed by atoms with Gasteiger partial charge in [-0.05, 0) is 17.8 Å². The molecule has 3 heteroatoms. The van der Waals surface area contributed by atoms with Gasteiger partial charge < -0.3 is 10.3 Å². The van der Waals surface area contributed by atoms with E-state index in [2.05, 4.69) is 57.7 Å². The molecule has 2 N–H and O–H groups in total. The third-order valence-corrected chi connectivity index (χ3v) is 3.32. The standard InChI is InChI=1S/C16H17N3/c1-17-10-9-16-18-11-15(19-16)14-8-4-6-12-5-2-3-7-13(12)14/h2-8,11,17H,9-10H2,1H3,(H,18,19). The maximum atomic E-state index is 4.44. The number of imidazole rings is 1. The lowest BCUT2D eigenvalue weighted by Crippen LogP contribution is -2.10. The Kier molecular flexibility index (Phi) is 3.29. The Labute approximate surface area is 112 Å². The number of hydrogen-bond donors (Lipinski definition) is 2. The summed E-state index contributed by atoms with van der Waals surface area (Å²) < 4.78 is 0. The molecule has 0 saturated carbocycles. The second-order valence-electron chi connectivity index (χ2n) is 4.62. The van der Waals surface area contributed by atoms with E-state index in [4.69, 9.17) is 0 Å². The molecule has 0 fully saturated rings. The predicted molar refractivity (Wildman–Crippen MR) is 79.2 cm³/mol. The summed E-state index contributed by atoms with van der Waals surface area (Å²) in [6.45, 7) is 0.933. The van der Waals surface area contributed by atoms with Crippen LogP contribution in [-0.2, 0) is 6.42 Å². The quantitative estimate of drug-likeness (QED) is 0.748. The van der Waals surface area contributed by atoms with Crippen molar-refractivity contribution in [2.75, 3.05) is 13.6 Å². The van der Waals surface area contributed by atoms with E-state index < -0.39 is 0 Å². The van der Waals surface area contributed by atoms with Crippen molar-refractivity contribution in [3.8, 4) is 11.3 Å². The van der Waals surface area contributed by atoms with Gasteiger partial charge in [-0.2, -0.15) is 0 Å². The SMILES string of the molecule is CNCCc1ncc(-c2cccc3ccccc23)[nH]1. The summed E-state index contributed by atoms with van der Waals surface area (Å²) in [6, 6.07) is 14.8. The van der Waals surface area contributed by atoms with E-state index in [1.807, 2.05) is 13.2 Å². The van der Waals surface area contributed by atoms with Gasteiger partial charge in [-0.25, -0.2) is 4.98 Å². The number of likely N-dealkylation sites (N-methyl/N-ethyl adjacent to an activating group) is 1. The van der Waals surface area contributed by atoms with E-state index in [1.54, 1.807) is 0 Å². The molecule has 0 atom stereocenters. The monoisotopic (exact) mass is 251 g/mol. The molecule has 0 aliphatic heterocycles. The Morgan fingerprint density at radius 1 is 1.11 bits per heavy atom. The Hall–Kier alpha value is -2.13. The summed E-state index contributed by atoms with van der Waals surface area (Å²) >= 11 is 0. The number of hydrogen-bond acceptors (Lipinski definition) is 2. The van der Waals surface area contributed by atoms with Crippen LogP contribution in [0.25, 0.3) is 22.0 Å². The van der Waals surface area contributed by atoms with Crippen LogP contribution in [0.1, 0.15) is 5.82 Å². The molecule has 0 unspecified atom stereocenters. The number of nitrogens with one attached hydrogen (secondary N) is 2. The van der Waals surface area contributed by atoms with Gasteiger partial charge in [0.05, 0.1) is 11.9 Å². The average molecular weight is 251 g/mol.